The molecule has 2 atom stereocenters. The fourth-order valence-electron chi connectivity index (χ4n) is 2.30. The molecule has 0 aromatic carbocycles. The van der Waals surface area contributed by atoms with Crippen molar-refractivity contribution in [3.63, 3.8) is 0 Å². The molecule has 2 saturated heterocycles. The Balaban J connectivity index is 1.77. The van der Waals surface area contributed by atoms with Gasteiger partial charge in [0, 0.05) is 25.3 Å². The summed E-state index contributed by atoms with van der Waals surface area (Å²) >= 11 is 0. The van der Waals surface area contributed by atoms with Crippen molar-refractivity contribution in [2.45, 2.75) is 38.7 Å². The van der Waals surface area contributed by atoms with Gasteiger partial charge in [0.1, 0.15) is 6.10 Å². The Labute approximate surface area is 125 Å². The molecule has 0 aliphatic carbocycles. The lowest BCUT2D eigenvalue weighted by Crippen LogP contribution is -2.35. The van der Waals surface area contributed by atoms with Gasteiger partial charge < -0.3 is 9.94 Å². The predicted molar refractivity (Wildman–Crippen MR) is 68.3 cm³/mol. The lowest BCUT2D eigenvalue weighted by Gasteiger charge is -2.15. The molecule has 2 rings (SSSR count). The van der Waals surface area contributed by atoms with Crippen LogP contribution in [0, 0.1) is 5.92 Å². The number of hydroxylamine groups is 2. The summed E-state index contributed by atoms with van der Waals surface area (Å²) in [5.74, 6) is -3.50. The minimum absolute atomic E-state index is 0.0849. The lowest BCUT2D eigenvalue weighted by molar-refractivity contribution is -0.198. The van der Waals surface area contributed by atoms with Crippen molar-refractivity contribution in [3.8, 4) is 0 Å². The minimum atomic E-state index is -1.48. The number of hydrogen-bond donors (Lipinski definition) is 1. The van der Waals surface area contributed by atoms with Crippen LogP contribution in [0.3, 0.4) is 0 Å². The Morgan fingerprint density at radius 1 is 1.18 bits per heavy atom. The van der Waals surface area contributed by atoms with E-state index in [2.05, 4.69) is 4.84 Å². The molecule has 1 N–H and O–H groups in total. The number of aliphatic hydroxyl groups is 1. The largest absolute Gasteiger partial charge is 0.383 e. The summed E-state index contributed by atoms with van der Waals surface area (Å²) in [7, 11) is 0. The molecule has 2 unspecified atom stereocenters. The molecule has 0 aromatic rings. The molecule has 2 heterocycles. The molecule has 9 nitrogen and oxygen atoms in total. The van der Waals surface area contributed by atoms with Gasteiger partial charge in [-0.05, 0) is 6.42 Å². The first-order valence-corrected chi connectivity index (χ1v) is 6.91. The van der Waals surface area contributed by atoms with Crippen molar-refractivity contribution < 1.29 is 33.9 Å². The molecule has 0 aromatic heterocycles. The van der Waals surface area contributed by atoms with Crippen LogP contribution in [-0.2, 0) is 28.8 Å². The van der Waals surface area contributed by atoms with Gasteiger partial charge in [-0.3, -0.25) is 24.1 Å². The van der Waals surface area contributed by atoms with E-state index >= 15 is 0 Å². The second-order valence-electron chi connectivity index (χ2n) is 5.30. The fraction of sp³-hybridized carbons (Fsp3) is 0.615. The number of carbonyl (C=O) groups excluding carboxylic acids is 5. The monoisotopic (exact) mass is 312 g/mol. The molecular weight excluding hydrogens is 296 g/mol. The minimum Gasteiger partial charge on any atom is -0.383 e. The van der Waals surface area contributed by atoms with Crippen LogP contribution in [0.1, 0.15) is 32.6 Å². The molecular formula is C13H16N2O7. The van der Waals surface area contributed by atoms with E-state index in [1.165, 1.54) is 0 Å². The standard InChI is InChI=1S/C13H16N2O7/c1-7-5-9(17)14(12(7)20)4-2-3-11(19)22-15-10(18)6-8(16)13(15)21/h7-8,16H,2-6H2,1H3. The van der Waals surface area contributed by atoms with Crippen LogP contribution in [0.25, 0.3) is 0 Å². The Kier molecular flexibility index (Phi) is 4.55. The Morgan fingerprint density at radius 3 is 2.36 bits per heavy atom. The second kappa shape index (κ2) is 6.22. The highest BCUT2D eigenvalue weighted by Crippen LogP contribution is 2.19. The molecule has 4 amide bonds. The summed E-state index contributed by atoms with van der Waals surface area (Å²) in [6.45, 7) is 1.74. The van der Waals surface area contributed by atoms with Crippen molar-refractivity contribution in [1.29, 1.82) is 0 Å². The molecule has 120 valence electrons. The van der Waals surface area contributed by atoms with Gasteiger partial charge in [-0.15, -0.1) is 0 Å². The van der Waals surface area contributed by atoms with Crippen LogP contribution in [0.15, 0.2) is 0 Å². The Bertz CT molecular complexity index is 545. The Morgan fingerprint density at radius 2 is 1.86 bits per heavy atom. The first kappa shape index (κ1) is 16.1. The summed E-state index contributed by atoms with van der Waals surface area (Å²) < 4.78 is 0. The molecule has 0 saturated carbocycles. The summed E-state index contributed by atoms with van der Waals surface area (Å²) in [4.78, 5) is 63.1. The van der Waals surface area contributed by atoms with Crippen LogP contribution < -0.4 is 0 Å². The summed E-state index contributed by atoms with van der Waals surface area (Å²) in [6.07, 6.45) is -1.74. The first-order valence-electron chi connectivity index (χ1n) is 6.91. The van der Waals surface area contributed by atoms with E-state index in [1.54, 1.807) is 6.92 Å². The number of likely N-dealkylation sites (tertiary alicyclic amines) is 1. The maximum Gasteiger partial charge on any atom is 0.333 e. The van der Waals surface area contributed by atoms with Gasteiger partial charge in [-0.25, -0.2) is 4.79 Å². The van der Waals surface area contributed by atoms with Crippen molar-refractivity contribution in [3.05, 3.63) is 0 Å². The summed E-state index contributed by atoms with van der Waals surface area (Å²) in [6, 6.07) is 0. The van der Waals surface area contributed by atoms with Crippen LogP contribution in [-0.4, -0.2) is 57.3 Å². The number of hydrogen-bond acceptors (Lipinski definition) is 7. The molecule has 2 aliphatic heterocycles. The van der Waals surface area contributed by atoms with Gasteiger partial charge in [0.2, 0.25) is 11.8 Å². The highest BCUT2D eigenvalue weighted by Gasteiger charge is 2.40. The normalized spacial score (nSPS) is 25.4. The highest BCUT2D eigenvalue weighted by atomic mass is 16.7. The topological polar surface area (TPSA) is 121 Å². The third-order valence-electron chi connectivity index (χ3n) is 3.50. The lowest BCUT2D eigenvalue weighted by atomic mass is 10.1. The Hall–Kier alpha value is -2.29. The molecule has 22 heavy (non-hydrogen) atoms. The number of rotatable bonds is 5. The number of imide groups is 2. The number of amides is 4. The highest BCUT2D eigenvalue weighted by molar-refractivity contribution is 6.04. The molecule has 0 radical (unpaired) electrons. The van der Waals surface area contributed by atoms with E-state index < -0.39 is 30.3 Å². The molecule has 9 heteroatoms. The van der Waals surface area contributed by atoms with Gasteiger partial charge in [0.15, 0.2) is 0 Å². The van der Waals surface area contributed by atoms with Crippen LogP contribution in [0.4, 0.5) is 0 Å². The zero-order valence-electron chi connectivity index (χ0n) is 12.0. The van der Waals surface area contributed by atoms with Gasteiger partial charge in [0.25, 0.3) is 11.8 Å². The fourth-order valence-corrected chi connectivity index (χ4v) is 2.30. The third kappa shape index (κ3) is 3.14. The van der Waals surface area contributed by atoms with E-state index in [0.717, 1.165) is 4.90 Å². The van der Waals surface area contributed by atoms with Crippen molar-refractivity contribution in [2.24, 2.45) is 5.92 Å². The second-order valence-corrected chi connectivity index (χ2v) is 5.30. The maximum absolute atomic E-state index is 11.7. The first-order chi connectivity index (χ1) is 10.3. The van der Waals surface area contributed by atoms with E-state index in [9.17, 15) is 24.0 Å². The van der Waals surface area contributed by atoms with Crippen molar-refractivity contribution in [1.82, 2.24) is 9.96 Å². The zero-order valence-corrected chi connectivity index (χ0v) is 12.0. The predicted octanol–water partition coefficient (Wildman–Crippen LogP) is -1.26. The van der Waals surface area contributed by atoms with E-state index in [0.29, 0.717) is 0 Å². The van der Waals surface area contributed by atoms with Crippen LogP contribution in [0.5, 0.6) is 0 Å². The molecule has 0 spiro atoms. The van der Waals surface area contributed by atoms with Crippen LogP contribution in [0.2, 0.25) is 0 Å². The zero-order chi connectivity index (χ0) is 16.4. The molecule has 0 bridgehead atoms. The average Bonchev–Trinajstić information content (AvgIpc) is 2.82. The van der Waals surface area contributed by atoms with E-state index in [1.807, 2.05) is 0 Å². The quantitative estimate of drug-likeness (QED) is 0.629. The summed E-state index contributed by atoms with van der Waals surface area (Å²) in [5.41, 5.74) is 0. The molecule has 2 fully saturated rings. The maximum atomic E-state index is 11.7. The SMILES string of the molecule is CC1CC(=O)N(CCCC(=O)ON2C(=O)CC(O)C2=O)C1=O. The number of aliphatic hydroxyl groups excluding tert-OH is 1. The van der Waals surface area contributed by atoms with Gasteiger partial charge in [-0.1, -0.05) is 12.0 Å². The third-order valence-corrected chi connectivity index (χ3v) is 3.50. The molecule has 2 aliphatic rings. The smallest absolute Gasteiger partial charge is 0.333 e. The van der Waals surface area contributed by atoms with Crippen molar-refractivity contribution >= 4 is 29.6 Å². The van der Waals surface area contributed by atoms with Gasteiger partial charge >= 0.3 is 5.97 Å². The number of carbonyl (C=O) groups is 5. The summed E-state index contributed by atoms with van der Waals surface area (Å²) in [5, 5.41) is 9.42. The van der Waals surface area contributed by atoms with Gasteiger partial charge in [-0.2, -0.15) is 0 Å². The van der Waals surface area contributed by atoms with Gasteiger partial charge in [0.05, 0.1) is 6.42 Å². The average molecular weight is 312 g/mol. The number of nitrogens with zero attached hydrogens (tertiary/aromatic N) is 2. The van der Waals surface area contributed by atoms with Crippen LogP contribution >= 0.6 is 0 Å². The van der Waals surface area contributed by atoms with E-state index in [-0.39, 0.29) is 48.6 Å². The van der Waals surface area contributed by atoms with Crippen molar-refractivity contribution in [2.75, 3.05) is 6.54 Å². The van der Waals surface area contributed by atoms with E-state index in [4.69, 9.17) is 5.11 Å².